The molecule has 0 aliphatic carbocycles. The van der Waals surface area contributed by atoms with Crippen molar-refractivity contribution in [1.82, 2.24) is 44.8 Å². The Morgan fingerprint density at radius 3 is 0.812 bits per heavy atom. The molecule has 0 spiro atoms. The van der Waals surface area contributed by atoms with Crippen LogP contribution in [0.5, 0.6) is 0 Å². The van der Waals surface area contributed by atoms with Crippen LogP contribution >= 0.6 is 0 Å². The van der Waals surface area contributed by atoms with Gasteiger partial charge in [-0.05, 0) is 74.9 Å². The molecule has 0 saturated heterocycles. The molecule has 0 bridgehead atoms. The zero-order valence-corrected chi connectivity index (χ0v) is 38.4. The molecule has 0 aliphatic rings. The molecule has 0 aliphatic heterocycles. The molecule has 15 nitrogen and oxygen atoms in total. The number of hydrogen-bond acceptors (Lipinski definition) is 9. The molecule has 0 fully saturated rings. The molecular weight excluding hydrogens is 934 g/mol. The SMILES string of the molecule is CC(C)c1nn2ccccc2c1C(=O)[C@@H](C)NC(=O)C(F)(F)F.CC(C)c1nn2ccccc2c1C(=O)[C@H](C)NC(=O)C(F)(F)F.CC(NC(=O)C(F)(F)F)C(=O)c1c(C(C)C)nn2ccccc12. The first kappa shape index (κ1) is 54.5. The van der Waals surface area contributed by atoms with Gasteiger partial charge < -0.3 is 16.0 Å². The molecule has 1 unspecified atom stereocenters. The fourth-order valence-electron chi connectivity index (χ4n) is 6.70. The summed E-state index contributed by atoms with van der Waals surface area (Å²) in [4.78, 5) is 70.8. The first-order valence-corrected chi connectivity index (χ1v) is 21.1. The number of rotatable bonds is 12. The van der Waals surface area contributed by atoms with E-state index < -0.39 is 71.7 Å². The Kier molecular flexibility index (Phi) is 16.9. The highest BCUT2D eigenvalue weighted by Crippen LogP contribution is 2.28. The van der Waals surface area contributed by atoms with Crippen LogP contribution in [0.2, 0.25) is 0 Å². The minimum Gasteiger partial charge on any atom is -0.338 e. The van der Waals surface area contributed by atoms with Crippen molar-refractivity contribution in [2.45, 2.75) is 117 Å². The van der Waals surface area contributed by atoms with E-state index in [1.54, 1.807) is 89.1 Å². The lowest BCUT2D eigenvalue weighted by molar-refractivity contribution is -0.174. The summed E-state index contributed by atoms with van der Waals surface area (Å²) >= 11 is 0. The zero-order chi connectivity index (χ0) is 52.1. The molecule has 0 aromatic carbocycles. The van der Waals surface area contributed by atoms with Gasteiger partial charge in [0.2, 0.25) is 0 Å². The second-order valence-corrected chi connectivity index (χ2v) is 16.5. The number of fused-ring (bicyclic) bond motifs is 3. The second-order valence-electron chi connectivity index (χ2n) is 16.5. The zero-order valence-electron chi connectivity index (χ0n) is 38.4. The van der Waals surface area contributed by atoms with Gasteiger partial charge in [-0.2, -0.15) is 54.8 Å². The number of hydrogen-bond donors (Lipinski definition) is 3. The average Bonchev–Trinajstić information content (AvgIpc) is 3.97. The van der Waals surface area contributed by atoms with Crippen molar-refractivity contribution >= 4 is 51.6 Å². The van der Waals surface area contributed by atoms with E-state index in [-0.39, 0.29) is 34.4 Å². The van der Waals surface area contributed by atoms with E-state index in [1.807, 2.05) is 41.5 Å². The highest BCUT2D eigenvalue weighted by molar-refractivity contribution is 6.09. The molecule has 6 heterocycles. The van der Waals surface area contributed by atoms with Gasteiger partial charge in [-0.15, -0.1) is 0 Å². The van der Waals surface area contributed by atoms with E-state index in [1.165, 1.54) is 34.3 Å². The molecule has 6 aromatic rings. The number of carbonyl (C=O) groups is 6. The Morgan fingerprint density at radius 2 is 0.623 bits per heavy atom. The van der Waals surface area contributed by atoms with Crippen LogP contribution < -0.4 is 16.0 Å². The van der Waals surface area contributed by atoms with E-state index in [9.17, 15) is 68.3 Å². The number of nitrogens with one attached hydrogen (secondary N) is 3. The van der Waals surface area contributed by atoms with Gasteiger partial charge in [0.05, 0.1) is 68.4 Å². The standard InChI is InChI=1S/3C15H16F3N3O2/c3*1-8(2)12-11(10-6-4-5-7-21(10)20-12)13(22)9(3)19-14(23)15(16,17)18/h3*4-9H,1-3H3,(H,19,23)/t2*9-;/m10./s1. The minimum atomic E-state index is -5.03. The van der Waals surface area contributed by atoms with Crippen LogP contribution in [0, 0.1) is 0 Å². The number of ketones is 3. The quantitative estimate of drug-likeness (QED) is 0.0803. The lowest BCUT2D eigenvalue weighted by Gasteiger charge is -2.15. The van der Waals surface area contributed by atoms with Crippen LogP contribution in [0.25, 0.3) is 16.6 Å². The number of aromatic nitrogens is 6. The van der Waals surface area contributed by atoms with Crippen LogP contribution in [0.1, 0.15) is 128 Å². The summed E-state index contributed by atoms with van der Waals surface area (Å²) in [6, 6.07) is 11.3. The minimum absolute atomic E-state index is 0.0978. The predicted molar refractivity (Wildman–Crippen MR) is 232 cm³/mol. The molecule has 69 heavy (non-hydrogen) atoms. The maximum Gasteiger partial charge on any atom is 0.471 e. The Labute approximate surface area is 387 Å². The summed E-state index contributed by atoms with van der Waals surface area (Å²) in [6.45, 7) is 14.7. The van der Waals surface area contributed by atoms with Crippen molar-refractivity contribution in [3.8, 4) is 0 Å². The molecule has 3 N–H and O–H groups in total. The molecule has 3 atom stereocenters. The summed E-state index contributed by atoms with van der Waals surface area (Å²) in [5.74, 6) is -8.52. The lowest BCUT2D eigenvalue weighted by atomic mass is 9.98. The Morgan fingerprint density at radius 1 is 0.406 bits per heavy atom. The second kappa shape index (κ2) is 21.4. The number of alkyl halides is 9. The smallest absolute Gasteiger partial charge is 0.338 e. The fraction of sp³-hybridized carbons (Fsp3) is 0.400. The van der Waals surface area contributed by atoms with Gasteiger partial charge in [0.1, 0.15) is 0 Å². The average molecular weight is 982 g/mol. The number of pyridine rings is 3. The number of halogens is 9. The van der Waals surface area contributed by atoms with Crippen molar-refractivity contribution in [3.63, 3.8) is 0 Å². The summed E-state index contributed by atoms with van der Waals surface area (Å²) in [5, 5.41) is 18.0. The monoisotopic (exact) mass is 981 g/mol. The van der Waals surface area contributed by atoms with Gasteiger partial charge in [-0.3, -0.25) is 28.8 Å². The van der Waals surface area contributed by atoms with Crippen LogP contribution in [0.3, 0.4) is 0 Å². The molecule has 24 heteroatoms. The van der Waals surface area contributed by atoms with Crippen molar-refractivity contribution in [1.29, 1.82) is 0 Å². The topological polar surface area (TPSA) is 190 Å². The molecule has 0 radical (unpaired) electrons. The molecule has 372 valence electrons. The maximum atomic E-state index is 12.6. The van der Waals surface area contributed by atoms with Crippen LogP contribution in [-0.2, 0) is 14.4 Å². The Bertz CT molecular complexity index is 2550. The van der Waals surface area contributed by atoms with Gasteiger partial charge >= 0.3 is 36.3 Å². The molecule has 6 aromatic heterocycles. The van der Waals surface area contributed by atoms with E-state index in [0.717, 1.165) is 0 Å². The van der Waals surface area contributed by atoms with Gasteiger partial charge in [-0.1, -0.05) is 59.7 Å². The molecular formula is C45H48F9N9O6. The highest BCUT2D eigenvalue weighted by Gasteiger charge is 2.43. The Balaban J connectivity index is 0.000000225. The van der Waals surface area contributed by atoms with Gasteiger partial charge in [0.25, 0.3) is 0 Å². The summed E-state index contributed by atoms with van der Waals surface area (Å²) < 4.78 is 116. The predicted octanol–water partition coefficient (Wildman–Crippen LogP) is 8.12. The van der Waals surface area contributed by atoms with Crippen molar-refractivity contribution in [2.24, 2.45) is 0 Å². The normalized spacial score (nSPS) is 13.3. The van der Waals surface area contributed by atoms with Gasteiger partial charge in [0, 0.05) is 18.6 Å². The summed E-state index contributed by atoms with van der Waals surface area (Å²) in [6.07, 6.45) is -10.1. The number of carbonyl (C=O) groups excluding carboxylic acids is 6. The molecule has 3 amide bonds. The Hall–Kier alpha value is -7.14. The van der Waals surface area contributed by atoms with E-state index in [0.29, 0.717) is 33.6 Å². The first-order chi connectivity index (χ1) is 31.9. The molecule has 6 rings (SSSR count). The van der Waals surface area contributed by atoms with E-state index in [4.69, 9.17) is 0 Å². The number of nitrogens with zero attached hydrogens (tertiary/aromatic N) is 6. The largest absolute Gasteiger partial charge is 0.471 e. The third-order valence-corrected chi connectivity index (χ3v) is 10.1. The van der Waals surface area contributed by atoms with Gasteiger partial charge in [0.15, 0.2) is 17.3 Å². The van der Waals surface area contributed by atoms with Crippen LogP contribution in [-0.4, -0.2) is 101 Å². The van der Waals surface area contributed by atoms with E-state index >= 15 is 0 Å². The lowest BCUT2D eigenvalue weighted by Crippen LogP contribution is -2.45. The van der Waals surface area contributed by atoms with Gasteiger partial charge in [-0.25, -0.2) is 13.5 Å². The van der Waals surface area contributed by atoms with Crippen LogP contribution in [0.15, 0.2) is 73.2 Å². The maximum absolute atomic E-state index is 12.6. The van der Waals surface area contributed by atoms with Crippen LogP contribution in [0.4, 0.5) is 39.5 Å². The first-order valence-electron chi connectivity index (χ1n) is 21.1. The highest BCUT2D eigenvalue weighted by atomic mass is 19.4. The number of Topliss-reactive ketones (excluding diaryl/α,β-unsaturated/α-hetero) is 3. The summed E-state index contributed by atoms with van der Waals surface area (Å²) in [5.41, 5.74) is 3.62. The van der Waals surface area contributed by atoms with Crippen molar-refractivity contribution in [3.05, 3.63) is 107 Å². The van der Waals surface area contributed by atoms with Crippen molar-refractivity contribution < 1.29 is 68.3 Å². The van der Waals surface area contributed by atoms with Crippen molar-refractivity contribution in [2.75, 3.05) is 0 Å². The summed E-state index contributed by atoms with van der Waals surface area (Å²) in [7, 11) is 0. The molecule has 0 saturated carbocycles. The third-order valence-electron chi connectivity index (χ3n) is 10.1. The number of amides is 3. The van der Waals surface area contributed by atoms with E-state index in [2.05, 4.69) is 15.3 Å². The third kappa shape index (κ3) is 12.9. The fourth-order valence-corrected chi connectivity index (χ4v) is 6.70.